The van der Waals surface area contributed by atoms with Gasteiger partial charge in [-0.05, 0) is 24.3 Å². The van der Waals surface area contributed by atoms with Crippen molar-refractivity contribution in [2.45, 2.75) is 6.54 Å². The lowest BCUT2D eigenvalue weighted by atomic mass is 10.1. The van der Waals surface area contributed by atoms with E-state index in [-0.39, 0.29) is 17.3 Å². The third kappa shape index (κ3) is 2.61. The number of hydrogen-bond donors (Lipinski definition) is 1. The molecule has 1 aliphatic heterocycles. The quantitative estimate of drug-likeness (QED) is 0.788. The molecular formula is C17H14FN5O2. The molecule has 1 amide bonds. The number of methoxy groups -OCH3 is 1. The number of carbonyl (C=O) groups excluding carboxylic acids is 1. The molecule has 126 valence electrons. The molecule has 0 aliphatic carbocycles. The van der Waals surface area contributed by atoms with Crippen LogP contribution in [0, 0.1) is 5.82 Å². The maximum absolute atomic E-state index is 14.3. The summed E-state index contributed by atoms with van der Waals surface area (Å²) in [4.78, 5) is 20.4. The highest BCUT2D eigenvalue weighted by molar-refractivity contribution is 5.94. The van der Waals surface area contributed by atoms with Crippen molar-refractivity contribution in [3.8, 4) is 28.5 Å². The van der Waals surface area contributed by atoms with Crippen LogP contribution in [0.15, 0.2) is 36.5 Å². The molecule has 0 saturated carbocycles. The second-order valence-electron chi connectivity index (χ2n) is 5.48. The van der Waals surface area contributed by atoms with E-state index in [1.165, 1.54) is 19.4 Å². The van der Waals surface area contributed by atoms with Gasteiger partial charge in [0.15, 0.2) is 5.82 Å². The van der Waals surface area contributed by atoms with Crippen LogP contribution in [0.1, 0.15) is 10.5 Å². The predicted octanol–water partition coefficient (Wildman–Crippen LogP) is 1.90. The molecule has 0 spiro atoms. The van der Waals surface area contributed by atoms with Gasteiger partial charge in [0, 0.05) is 12.7 Å². The Bertz CT molecular complexity index is 969. The Morgan fingerprint density at radius 3 is 2.96 bits per heavy atom. The Morgan fingerprint density at radius 1 is 1.28 bits per heavy atom. The fourth-order valence-electron chi connectivity index (χ4n) is 2.77. The van der Waals surface area contributed by atoms with E-state index in [2.05, 4.69) is 20.4 Å². The molecule has 0 unspecified atom stereocenters. The fraction of sp³-hybridized carbons (Fsp3) is 0.176. The van der Waals surface area contributed by atoms with Crippen LogP contribution >= 0.6 is 0 Å². The lowest BCUT2D eigenvalue weighted by Gasteiger charge is -2.13. The van der Waals surface area contributed by atoms with Crippen molar-refractivity contribution in [3.63, 3.8) is 0 Å². The SMILES string of the molecule is COc1cccc(F)c1-c1nccc(-c2cc3n(n2)CCNC3=O)n1. The zero-order valence-corrected chi connectivity index (χ0v) is 13.4. The van der Waals surface area contributed by atoms with Gasteiger partial charge in [-0.15, -0.1) is 0 Å². The molecule has 1 N–H and O–H groups in total. The maximum atomic E-state index is 14.3. The minimum Gasteiger partial charge on any atom is -0.496 e. The molecule has 0 bridgehead atoms. The molecule has 25 heavy (non-hydrogen) atoms. The maximum Gasteiger partial charge on any atom is 0.269 e. The van der Waals surface area contributed by atoms with Crippen molar-refractivity contribution in [1.29, 1.82) is 0 Å². The van der Waals surface area contributed by atoms with Gasteiger partial charge in [0.2, 0.25) is 0 Å². The minimum absolute atomic E-state index is 0.171. The highest BCUT2D eigenvalue weighted by atomic mass is 19.1. The Labute approximate surface area is 142 Å². The first kappa shape index (κ1) is 15.3. The van der Waals surface area contributed by atoms with E-state index in [1.807, 2.05) is 0 Å². The number of rotatable bonds is 3. The van der Waals surface area contributed by atoms with Crippen LogP contribution in [-0.4, -0.2) is 39.3 Å². The van der Waals surface area contributed by atoms with Crippen molar-refractivity contribution >= 4 is 5.91 Å². The van der Waals surface area contributed by atoms with E-state index in [9.17, 15) is 9.18 Å². The Hall–Kier alpha value is -3.29. The van der Waals surface area contributed by atoms with Gasteiger partial charge in [0.1, 0.15) is 23.0 Å². The zero-order valence-electron chi connectivity index (χ0n) is 13.4. The van der Waals surface area contributed by atoms with Crippen molar-refractivity contribution in [2.75, 3.05) is 13.7 Å². The van der Waals surface area contributed by atoms with Gasteiger partial charge in [-0.1, -0.05) is 6.07 Å². The molecule has 0 atom stereocenters. The van der Waals surface area contributed by atoms with Crippen molar-refractivity contribution in [3.05, 3.63) is 48.0 Å². The first-order valence-corrected chi connectivity index (χ1v) is 7.69. The van der Waals surface area contributed by atoms with Gasteiger partial charge in [-0.25, -0.2) is 14.4 Å². The van der Waals surface area contributed by atoms with Crippen LogP contribution in [0.5, 0.6) is 5.75 Å². The molecule has 0 radical (unpaired) electrons. The predicted molar refractivity (Wildman–Crippen MR) is 87.5 cm³/mol. The molecule has 0 fully saturated rings. The van der Waals surface area contributed by atoms with Crippen molar-refractivity contribution in [2.24, 2.45) is 0 Å². The summed E-state index contributed by atoms with van der Waals surface area (Å²) in [5, 5.41) is 7.18. The highest BCUT2D eigenvalue weighted by Crippen LogP contribution is 2.31. The topological polar surface area (TPSA) is 81.9 Å². The Morgan fingerprint density at radius 2 is 2.16 bits per heavy atom. The third-order valence-electron chi connectivity index (χ3n) is 3.96. The van der Waals surface area contributed by atoms with Crippen LogP contribution in [0.3, 0.4) is 0 Å². The summed E-state index contributed by atoms with van der Waals surface area (Å²) < 4.78 is 21.1. The van der Waals surface area contributed by atoms with Crippen LogP contribution in [0.2, 0.25) is 0 Å². The number of carbonyl (C=O) groups is 1. The second kappa shape index (κ2) is 5.97. The number of hydrogen-bond acceptors (Lipinski definition) is 5. The zero-order chi connectivity index (χ0) is 17.4. The molecule has 8 heteroatoms. The molecule has 3 aromatic rings. The number of halogens is 1. The van der Waals surface area contributed by atoms with E-state index in [4.69, 9.17) is 4.74 Å². The second-order valence-corrected chi connectivity index (χ2v) is 5.48. The van der Waals surface area contributed by atoms with Crippen LogP contribution in [0.4, 0.5) is 4.39 Å². The highest BCUT2D eigenvalue weighted by Gasteiger charge is 2.21. The molecular weight excluding hydrogens is 325 g/mol. The molecule has 1 aliphatic rings. The van der Waals surface area contributed by atoms with E-state index < -0.39 is 5.82 Å². The summed E-state index contributed by atoms with van der Waals surface area (Å²) in [6.07, 6.45) is 1.53. The lowest BCUT2D eigenvalue weighted by molar-refractivity contribution is 0.0924. The molecule has 1 aromatic carbocycles. The van der Waals surface area contributed by atoms with E-state index in [0.29, 0.717) is 35.9 Å². The average molecular weight is 339 g/mol. The first-order valence-electron chi connectivity index (χ1n) is 7.69. The number of aromatic nitrogens is 4. The summed E-state index contributed by atoms with van der Waals surface area (Å²) in [6.45, 7) is 1.13. The van der Waals surface area contributed by atoms with E-state index >= 15 is 0 Å². The summed E-state index contributed by atoms with van der Waals surface area (Å²) in [5.41, 5.74) is 1.70. The standard InChI is InChI=1S/C17H14FN5O2/c1-25-14-4-2-3-10(18)15(14)16-19-6-5-11(21-16)12-9-13-17(24)20-7-8-23(13)22-12/h2-6,9H,7-8H2,1H3,(H,20,24). The van der Waals surface area contributed by atoms with Gasteiger partial charge in [0.25, 0.3) is 5.91 Å². The minimum atomic E-state index is -0.472. The molecule has 0 saturated heterocycles. The number of fused-ring (bicyclic) bond motifs is 1. The van der Waals surface area contributed by atoms with Crippen LogP contribution in [0.25, 0.3) is 22.8 Å². The van der Waals surface area contributed by atoms with Gasteiger partial charge >= 0.3 is 0 Å². The number of ether oxygens (including phenoxy) is 1. The first-order chi connectivity index (χ1) is 12.2. The monoisotopic (exact) mass is 339 g/mol. The third-order valence-corrected chi connectivity index (χ3v) is 3.96. The molecule has 3 heterocycles. The molecule has 4 rings (SSSR count). The Balaban J connectivity index is 1.80. The van der Waals surface area contributed by atoms with Crippen LogP contribution < -0.4 is 10.1 Å². The van der Waals surface area contributed by atoms with Crippen molar-refractivity contribution < 1.29 is 13.9 Å². The lowest BCUT2D eigenvalue weighted by Crippen LogP contribution is -2.35. The summed E-state index contributed by atoms with van der Waals surface area (Å²) >= 11 is 0. The van der Waals surface area contributed by atoms with Crippen LogP contribution in [-0.2, 0) is 6.54 Å². The summed E-state index contributed by atoms with van der Waals surface area (Å²) in [5.74, 6) is -0.0985. The largest absolute Gasteiger partial charge is 0.496 e. The van der Waals surface area contributed by atoms with E-state index in [0.717, 1.165) is 0 Å². The van der Waals surface area contributed by atoms with E-state index in [1.54, 1.807) is 28.9 Å². The average Bonchev–Trinajstić information content (AvgIpc) is 3.07. The smallest absolute Gasteiger partial charge is 0.269 e. The normalized spacial score (nSPS) is 13.3. The van der Waals surface area contributed by atoms with Gasteiger partial charge < -0.3 is 10.1 Å². The fourth-order valence-corrected chi connectivity index (χ4v) is 2.77. The van der Waals surface area contributed by atoms with Gasteiger partial charge in [-0.2, -0.15) is 5.10 Å². The number of nitrogens with zero attached hydrogens (tertiary/aromatic N) is 4. The summed E-state index contributed by atoms with van der Waals surface area (Å²) in [6, 6.07) is 7.87. The summed E-state index contributed by atoms with van der Waals surface area (Å²) in [7, 11) is 1.46. The molecule has 7 nitrogen and oxygen atoms in total. The number of nitrogens with one attached hydrogen (secondary N) is 1. The van der Waals surface area contributed by atoms with Gasteiger partial charge in [-0.3, -0.25) is 9.48 Å². The number of benzene rings is 1. The molecule has 2 aromatic heterocycles. The Kier molecular flexibility index (Phi) is 3.64. The van der Waals surface area contributed by atoms with Crippen molar-refractivity contribution in [1.82, 2.24) is 25.1 Å². The number of amides is 1. The van der Waals surface area contributed by atoms with Gasteiger partial charge in [0.05, 0.1) is 24.9 Å².